The first-order valence-corrected chi connectivity index (χ1v) is 11.3. The molecule has 5 nitrogen and oxygen atoms in total. The number of thiazole rings is 1. The highest BCUT2D eigenvalue weighted by Gasteiger charge is 2.30. The summed E-state index contributed by atoms with van der Waals surface area (Å²) in [5.41, 5.74) is 0.665. The lowest BCUT2D eigenvalue weighted by Crippen LogP contribution is -2.12. The molecule has 10 heteroatoms. The third kappa shape index (κ3) is 5.78. The lowest BCUT2D eigenvalue weighted by atomic mass is 10.1. The molecular weight excluding hydrogens is 482 g/mol. The summed E-state index contributed by atoms with van der Waals surface area (Å²) in [7, 11) is 0. The molecule has 0 radical (unpaired) electrons. The van der Waals surface area contributed by atoms with Crippen molar-refractivity contribution < 1.29 is 27.4 Å². The lowest BCUT2D eigenvalue weighted by molar-refractivity contribution is -0.137. The Balaban J connectivity index is 1.82. The summed E-state index contributed by atoms with van der Waals surface area (Å²) in [5.74, 6) is -0.00758. The summed E-state index contributed by atoms with van der Waals surface area (Å²) in [6.07, 6.45) is -3.13. The number of benzene rings is 3. The topological polar surface area (TPSA) is 59.1 Å². The van der Waals surface area contributed by atoms with Gasteiger partial charge >= 0.3 is 6.18 Å². The van der Waals surface area contributed by atoms with Gasteiger partial charge in [-0.1, -0.05) is 12.1 Å². The third-order valence-corrected chi connectivity index (χ3v) is 5.66. The number of alkyl halides is 3. The van der Waals surface area contributed by atoms with E-state index < -0.39 is 17.6 Å². The first-order valence-electron chi connectivity index (χ1n) is 10.4. The largest absolute Gasteiger partial charge is 0.507 e. The highest BCUT2D eigenvalue weighted by atomic mass is 32.1. The van der Waals surface area contributed by atoms with Crippen molar-refractivity contribution in [2.24, 2.45) is 10.1 Å². The van der Waals surface area contributed by atoms with Crippen LogP contribution in [0.15, 0.2) is 82.2 Å². The number of phenolic OH excluding ortho intramolecular Hbond substituents is 1. The summed E-state index contributed by atoms with van der Waals surface area (Å²) in [5, 5.41) is 16.4. The molecule has 0 amide bonds. The Kier molecular flexibility index (Phi) is 7.02. The number of ether oxygens (including phenoxy) is 1. The maximum Gasteiger partial charge on any atom is 0.416 e. The number of aromatic hydroxyl groups is 1. The second kappa shape index (κ2) is 10.1. The fourth-order valence-electron chi connectivity index (χ4n) is 3.18. The normalized spacial score (nSPS) is 12.4. The Bertz CT molecular complexity index is 1420. The molecule has 0 atom stereocenters. The zero-order chi connectivity index (χ0) is 25.0. The van der Waals surface area contributed by atoms with E-state index in [4.69, 9.17) is 4.74 Å². The van der Waals surface area contributed by atoms with Crippen molar-refractivity contribution in [1.82, 2.24) is 4.68 Å². The monoisotopic (exact) mass is 501 g/mol. The predicted molar refractivity (Wildman–Crippen MR) is 127 cm³/mol. The van der Waals surface area contributed by atoms with Crippen molar-refractivity contribution in [2.75, 3.05) is 6.61 Å². The molecule has 4 rings (SSSR count). The number of nitrogens with zero attached hydrogens (tertiary/aromatic N) is 3. The molecule has 0 saturated heterocycles. The molecule has 0 spiro atoms. The van der Waals surface area contributed by atoms with Gasteiger partial charge in [-0.3, -0.25) is 0 Å². The highest BCUT2D eigenvalue weighted by Crippen LogP contribution is 2.32. The molecule has 3 aromatic carbocycles. The first-order chi connectivity index (χ1) is 16.7. The third-order valence-electron chi connectivity index (χ3n) is 4.85. The molecule has 0 aliphatic heterocycles. The van der Waals surface area contributed by atoms with E-state index in [0.717, 1.165) is 23.5 Å². The molecule has 180 valence electrons. The molecule has 0 fully saturated rings. The number of hydrogen-bond donors (Lipinski definition) is 1. The maximum atomic E-state index is 13.3. The maximum absolute atomic E-state index is 13.3. The zero-order valence-electron chi connectivity index (χ0n) is 18.3. The average molecular weight is 502 g/mol. The summed E-state index contributed by atoms with van der Waals surface area (Å²) in [6.45, 7) is 2.26. The minimum atomic E-state index is -4.50. The fraction of sp³-hybridized carbons (Fsp3) is 0.120. The molecule has 1 N–H and O–H groups in total. The van der Waals surface area contributed by atoms with Gasteiger partial charge < -0.3 is 9.84 Å². The molecule has 4 aromatic rings. The quantitative estimate of drug-likeness (QED) is 0.239. The Morgan fingerprint density at radius 2 is 1.83 bits per heavy atom. The Morgan fingerprint density at radius 3 is 2.51 bits per heavy atom. The number of phenols is 1. The molecule has 35 heavy (non-hydrogen) atoms. The second-order valence-electron chi connectivity index (χ2n) is 7.28. The average Bonchev–Trinajstić information content (AvgIpc) is 3.22. The van der Waals surface area contributed by atoms with Gasteiger partial charge in [-0.15, -0.1) is 11.3 Å². The standard InChI is InChI=1S/C25H19F4N3O2S/c1-2-34-21-11-6-17(23(33)13-21)14-30-32-22(16-4-3-5-18(12-16)25(27,28)29)15-35-24(32)31-20-9-7-19(26)8-10-20/h3-15,33H,2H2,1H3. The minimum absolute atomic E-state index is 0.0758. The van der Waals surface area contributed by atoms with Crippen LogP contribution in [-0.4, -0.2) is 22.6 Å². The van der Waals surface area contributed by atoms with Gasteiger partial charge in [0.15, 0.2) is 0 Å². The molecule has 1 heterocycles. The van der Waals surface area contributed by atoms with Crippen LogP contribution < -0.4 is 9.54 Å². The summed E-state index contributed by atoms with van der Waals surface area (Å²) in [4.78, 5) is 4.81. The summed E-state index contributed by atoms with van der Waals surface area (Å²) < 4.78 is 59.9. The van der Waals surface area contributed by atoms with Gasteiger partial charge in [0.2, 0.25) is 4.80 Å². The Morgan fingerprint density at radius 1 is 1.06 bits per heavy atom. The molecule has 1 aromatic heterocycles. The molecular formula is C25H19F4N3O2S. The zero-order valence-corrected chi connectivity index (χ0v) is 19.1. The van der Waals surface area contributed by atoms with Gasteiger partial charge in [0, 0.05) is 22.6 Å². The van der Waals surface area contributed by atoms with Crippen LogP contribution in [0.3, 0.4) is 0 Å². The van der Waals surface area contributed by atoms with Crippen LogP contribution >= 0.6 is 11.3 Å². The SMILES string of the molecule is CCOc1ccc(C=Nn2c(-c3cccc(C(F)(F)F)c3)csc2=Nc2ccc(F)cc2)c(O)c1. The van der Waals surface area contributed by atoms with Gasteiger partial charge in [0.05, 0.1) is 29.8 Å². The van der Waals surface area contributed by atoms with E-state index in [1.165, 1.54) is 47.3 Å². The number of rotatable bonds is 6. The van der Waals surface area contributed by atoms with Crippen LogP contribution in [0.2, 0.25) is 0 Å². The molecule has 0 aliphatic carbocycles. The van der Waals surface area contributed by atoms with Crippen LogP contribution in [0.5, 0.6) is 11.5 Å². The number of hydrogen-bond acceptors (Lipinski definition) is 5. The van der Waals surface area contributed by atoms with Crippen LogP contribution in [-0.2, 0) is 6.18 Å². The molecule has 0 unspecified atom stereocenters. The van der Waals surface area contributed by atoms with Crippen LogP contribution in [0.4, 0.5) is 23.2 Å². The van der Waals surface area contributed by atoms with Gasteiger partial charge in [0.25, 0.3) is 0 Å². The van der Waals surface area contributed by atoms with Crippen molar-refractivity contribution in [1.29, 1.82) is 0 Å². The Hall–Kier alpha value is -3.92. The summed E-state index contributed by atoms with van der Waals surface area (Å²) in [6, 6.07) is 15.1. The number of halogens is 4. The van der Waals surface area contributed by atoms with E-state index in [2.05, 4.69) is 10.1 Å². The van der Waals surface area contributed by atoms with Crippen LogP contribution in [0.1, 0.15) is 18.1 Å². The van der Waals surface area contributed by atoms with Crippen LogP contribution in [0, 0.1) is 5.82 Å². The van der Waals surface area contributed by atoms with Gasteiger partial charge in [-0.25, -0.2) is 14.1 Å². The van der Waals surface area contributed by atoms with Gasteiger partial charge in [0.1, 0.15) is 17.3 Å². The molecule has 0 bridgehead atoms. The smallest absolute Gasteiger partial charge is 0.416 e. The van der Waals surface area contributed by atoms with Crippen molar-refractivity contribution in [3.05, 3.63) is 93.9 Å². The van der Waals surface area contributed by atoms with E-state index in [0.29, 0.717) is 34.1 Å². The molecule has 0 saturated carbocycles. The van der Waals surface area contributed by atoms with E-state index in [-0.39, 0.29) is 11.3 Å². The van der Waals surface area contributed by atoms with E-state index in [9.17, 15) is 22.7 Å². The van der Waals surface area contributed by atoms with Crippen molar-refractivity contribution in [2.45, 2.75) is 13.1 Å². The van der Waals surface area contributed by atoms with Gasteiger partial charge in [-0.2, -0.15) is 18.3 Å². The van der Waals surface area contributed by atoms with Crippen molar-refractivity contribution in [3.8, 4) is 22.8 Å². The first kappa shape index (κ1) is 24.2. The predicted octanol–water partition coefficient (Wildman–Crippen LogP) is 6.59. The molecule has 0 aliphatic rings. The van der Waals surface area contributed by atoms with E-state index in [1.54, 1.807) is 23.6 Å². The fourth-order valence-corrected chi connectivity index (χ4v) is 4.03. The lowest BCUT2D eigenvalue weighted by Gasteiger charge is -2.09. The second-order valence-corrected chi connectivity index (χ2v) is 8.12. The highest BCUT2D eigenvalue weighted by molar-refractivity contribution is 7.07. The van der Waals surface area contributed by atoms with Crippen LogP contribution in [0.25, 0.3) is 11.3 Å². The van der Waals surface area contributed by atoms with E-state index in [1.807, 2.05) is 6.92 Å². The van der Waals surface area contributed by atoms with Crippen molar-refractivity contribution in [3.63, 3.8) is 0 Å². The van der Waals surface area contributed by atoms with E-state index >= 15 is 0 Å². The summed E-state index contributed by atoms with van der Waals surface area (Å²) >= 11 is 1.16. The Labute approximate surface area is 201 Å². The van der Waals surface area contributed by atoms with Crippen molar-refractivity contribution >= 4 is 23.2 Å². The number of aromatic nitrogens is 1. The minimum Gasteiger partial charge on any atom is -0.507 e. The van der Waals surface area contributed by atoms with Gasteiger partial charge in [-0.05, 0) is 55.5 Å².